The Balaban J connectivity index is 1.41. The number of hydrogen-bond donors (Lipinski definition) is 0. The normalized spacial score (nSPS) is 15.9. The van der Waals surface area contributed by atoms with Crippen LogP contribution >= 0.6 is 0 Å². The predicted molar refractivity (Wildman–Crippen MR) is 141 cm³/mol. The van der Waals surface area contributed by atoms with Gasteiger partial charge < -0.3 is 9.47 Å². The third kappa shape index (κ3) is 6.11. The number of rotatable bonds is 10. The number of fused-ring (bicyclic) bond motifs is 1. The third-order valence-corrected chi connectivity index (χ3v) is 7.21. The molecule has 0 saturated carbocycles. The van der Waals surface area contributed by atoms with Gasteiger partial charge in [-0.15, -0.1) is 0 Å². The lowest BCUT2D eigenvalue weighted by Gasteiger charge is -2.39. The first-order valence-electron chi connectivity index (χ1n) is 12.8. The Morgan fingerprint density at radius 3 is 2.67 bits per heavy atom. The summed E-state index contributed by atoms with van der Waals surface area (Å²) in [4.78, 5) is 19.7. The van der Waals surface area contributed by atoms with Gasteiger partial charge in [-0.2, -0.15) is 0 Å². The van der Waals surface area contributed by atoms with Gasteiger partial charge in [-0.1, -0.05) is 42.5 Å². The van der Waals surface area contributed by atoms with Crippen LogP contribution in [0.15, 0.2) is 60.8 Å². The first kappa shape index (κ1) is 25.8. The van der Waals surface area contributed by atoms with Crippen LogP contribution in [-0.2, 0) is 16.0 Å². The largest absolute Gasteiger partial charge is 0.497 e. The van der Waals surface area contributed by atoms with E-state index >= 15 is 0 Å². The number of nitrogens with zero attached hydrogens (tertiary/aromatic N) is 2. The summed E-state index contributed by atoms with van der Waals surface area (Å²) in [5.74, 6) is 0.236. The Morgan fingerprint density at radius 2 is 1.94 bits per heavy atom. The van der Waals surface area contributed by atoms with Crippen LogP contribution in [-0.4, -0.2) is 49.2 Å². The molecule has 0 atom stereocenters. The molecule has 0 unspecified atom stereocenters. The fourth-order valence-electron chi connectivity index (χ4n) is 5.09. The van der Waals surface area contributed by atoms with Gasteiger partial charge in [0.15, 0.2) is 0 Å². The molecule has 4 rings (SSSR count). The minimum Gasteiger partial charge on any atom is -0.497 e. The smallest absolute Gasteiger partial charge is 0.312 e. The van der Waals surface area contributed by atoms with Crippen molar-refractivity contribution in [2.45, 2.75) is 39.0 Å². The van der Waals surface area contributed by atoms with Gasteiger partial charge in [0.25, 0.3) is 0 Å². The fraction of sp³-hybridized carbons (Fsp3) is 0.400. The summed E-state index contributed by atoms with van der Waals surface area (Å²) in [6.07, 6.45) is 8.99. The number of piperidine rings is 1. The maximum atomic E-state index is 14.8. The zero-order chi connectivity index (χ0) is 25.4. The second-order valence-electron chi connectivity index (χ2n) is 9.44. The number of aromatic nitrogens is 1. The lowest BCUT2D eigenvalue weighted by atomic mass is 9.74. The maximum absolute atomic E-state index is 14.8. The molecule has 6 heteroatoms. The molecule has 0 bridgehead atoms. The summed E-state index contributed by atoms with van der Waals surface area (Å²) >= 11 is 0. The van der Waals surface area contributed by atoms with E-state index in [-0.39, 0.29) is 11.8 Å². The van der Waals surface area contributed by atoms with E-state index in [1.807, 2.05) is 43.3 Å². The van der Waals surface area contributed by atoms with E-state index in [2.05, 4.69) is 34.2 Å². The molecule has 2 heterocycles. The number of likely N-dealkylation sites (tertiary alicyclic amines) is 1. The summed E-state index contributed by atoms with van der Waals surface area (Å²) in [6.45, 7) is 4.74. The zero-order valence-corrected chi connectivity index (χ0v) is 21.2. The molecule has 0 amide bonds. The van der Waals surface area contributed by atoms with Crippen LogP contribution in [0, 0.1) is 11.2 Å². The van der Waals surface area contributed by atoms with Crippen molar-refractivity contribution < 1.29 is 18.7 Å². The van der Waals surface area contributed by atoms with Crippen molar-refractivity contribution in [2.24, 2.45) is 5.41 Å². The highest BCUT2D eigenvalue weighted by atomic mass is 19.1. The first-order chi connectivity index (χ1) is 17.5. The van der Waals surface area contributed by atoms with E-state index in [0.717, 1.165) is 43.4 Å². The van der Waals surface area contributed by atoms with Gasteiger partial charge in [-0.05, 0) is 81.4 Å². The highest BCUT2D eigenvalue weighted by Gasteiger charge is 2.42. The lowest BCUT2D eigenvalue weighted by Crippen LogP contribution is -2.45. The molecule has 1 aliphatic rings. The van der Waals surface area contributed by atoms with E-state index in [1.165, 1.54) is 11.8 Å². The van der Waals surface area contributed by atoms with Crippen molar-refractivity contribution >= 4 is 22.9 Å². The number of carbonyl (C=O) groups is 1. The van der Waals surface area contributed by atoms with E-state index in [1.54, 1.807) is 7.11 Å². The molecule has 0 radical (unpaired) electrons. The molecule has 1 fully saturated rings. The summed E-state index contributed by atoms with van der Waals surface area (Å²) < 4.78 is 25.6. The molecule has 190 valence electrons. The van der Waals surface area contributed by atoms with E-state index < -0.39 is 5.41 Å². The van der Waals surface area contributed by atoms with Crippen molar-refractivity contribution in [2.75, 3.05) is 33.4 Å². The number of hydrogen-bond acceptors (Lipinski definition) is 5. The quantitative estimate of drug-likeness (QED) is 0.323. The number of aryl methyl sites for hydroxylation is 1. The molecule has 3 aromatic rings. The summed E-state index contributed by atoms with van der Waals surface area (Å²) in [6, 6.07) is 15.8. The highest BCUT2D eigenvalue weighted by Crippen LogP contribution is 2.38. The molecule has 2 aromatic carbocycles. The van der Waals surface area contributed by atoms with E-state index in [9.17, 15) is 9.18 Å². The van der Waals surface area contributed by atoms with Crippen LogP contribution in [0.25, 0.3) is 17.0 Å². The molecule has 0 N–H and O–H groups in total. The van der Waals surface area contributed by atoms with Crippen molar-refractivity contribution in [3.05, 3.63) is 77.7 Å². The summed E-state index contributed by atoms with van der Waals surface area (Å²) in [7, 11) is 1.60. The molecule has 0 spiro atoms. The van der Waals surface area contributed by atoms with Crippen LogP contribution in [0.5, 0.6) is 5.75 Å². The summed E-state index contributed by atoms with van der Waals surface area (Å²) in [5.41, 5.74) is 2.03. The Morgan fingerprint density at radius 1 is 1.17 bits per heavy atom. The predicted octanol–water partition coefficient (Wildman–Crippen LogP) is 6.06. The van der Waals surface area contributed by atoms with Gasteiger partial charge in [-0.25, -0.2) is 4.39 Å². The van der Waals surface area contributed by atoms with Gasteiger partial charge in [0, 0.05) is 11.9 Å². The van der Waals surface area contributed by atoms with E-state index in [4.69, 9.17) is 9.47 Å². The highest BCUT2D eigenvalue weighted by molar-refractivity contribution is 5.83. The van der Waals surface area contributed by atoms with Crippen LogP contribution in [0.2, 0.25) is 0 Å². The molecular formula is C30H35FN2O3. The monoisotopic (exact) mass is 490 g/mol. The third-order valence-electron chi connectivity index (χ3n) is 7.21. The van der Waals surface area contributed by atoms with Crippen LogP contribution in [0.1, 0.15) is 43.7 Å². The minimum atomic E-state index is -0.521. The number of methoxy groups -OCH3 is 1. The van der Waals surface area contributed by atoms with Gasteiger partial charge >= 0.3 is 5.97 Å². The topological polar surface area (TPSA) is 51.7 Å². The standard InChI is InChI=1S/C30H35FN2O3/c1-3-36-29(34)30(16-19-33(20-17-30)18-8-11-23-9-5-4-6-10-23)15-7-12-25-26-21-24(35-2)13-14-28(26)32-22-27(25)31/h4-6,8-11,13-14,21-22H,3,7,12,15-20H2,1-2H3. The average Bonchev–Trinajstić information content (AvgIpc) is 2.91. The number of benzene rings is 2. The Bertz CT molecular complexity index is 1190. The molecule has 5 nitrogen and oxygen atoms in total. The number of ether oxygens (including phenoxy) is 2. The van der Waals surface area contributed by atoms with Gasteiger partial charge in [0.2, 0.25) is 0 Å². The molecule has 36 heavy (non-hydrogen) atoms. The SMILES string of the molecule is CCOC(=O)C1(CCCc2c(F)cnc3ccc(OC)cc23)CCN(CC=Cc2ccccc2)CC1. The molecule has 0 aliphatic carbocycles. The fourth-order valence-corrected chi connectivity index (χ4v) is 5.09. The van der Waals surface area contributed by atoms with Crippen molar-refractivity contribution in [1.82, 2.24) is 9.88 Å². The van der Waals surface area contributed by atoms with Gasteiger partial charge in [0.05, 0.1) is 30.8 Å². The molecule has 1 aromatic heterocycles. The van der Waals surface area contributed by atoms with Crippen LogP contribution in [0.3, 0.4) is 0 Å². The Hall–Kier alpha value is -3.25. The molecular weight excluding hydrogens is 455 g/mol. The average molecular weight is 491 g/mol. The van der Waals surface area contributed by atoms with Crippen molar-refractivity contribution in [3.63, 3.8) is 0 Å². The molecule has 1 saturated heterocycles. The van der Waals surface area contributed by atoms with Crippen LogP contribution < -0.4 is 4.74 Å². The van der Waals surface area contributed by atoms with Crippen molar-refractivity contribution in [3.8, 4) is 5.75 Å². The second-order valence-corrected chi connectivity index (χ2v) is 9.44. The Labute approximate surface area is 212 Å². The lowest BCUT2D eigenvalue weighted by molar-refractivity contribution is -0.159. The van der Waals surface area contributed by atoms with Crippen molar-refractivity contribution in [1.29, 1.82) is 0 Å². The minimum absolute atomic E-state index is 0.119. The van der Waals surface area contributed by atoms with Crippen LogP contribution in [0.4, 0.5) is 4.39 Å². The second kappa shape index (κ2) is 12.1. The number of esters is 1. The number of carbonyl (C=O) groups excluding carboxylic acids is 1. The molecule has 1 aliphatic heterocycles. The Kier molecular flexibility index (Phi) is 8.70. The van der Waals surface area contributed by atoms with E-state index in [0.29, 0.717) is 37.2 Å². The first-order valence-corrected chi connectivity index (χ1v) is 12.8. The van der Waals surface area contributed by atoms with Gasteiger partial charge in [0.1, 0.15) is 11.6 Å². The number of pyridine rings is 1. The zero-order valence-electron chi connectivity index (χ0n) is 21.2. The number of halogens is 1. The maximum Gasteiger partial charge on any atom is 0.312 e. The van der Waals surface area contributed by atoms with Gasteiger partial charge in [-0.3, -0.25) is 14.7 Å². The summed E-state index contributed by atoms with van der Waals surface area (Å²) in [5, 5.41) is 0.763.